The van der Waals surface area contributed by atoms with E-state index in [0.717, 1.165) is 11.1 Å². The second kappa shape index (κ2) is 8.34. The van der Waals surface area contributed by atoms with E-state index in [9.17, 15) is 13.6 Å². The zero-order valence-corrected chi connectivity index (χ0v) is 14.0. The lowest BCUT2D eigenvalue weighted by atomic mass is 9.91. The molecule has 132 valence electrons. The van der Waals surface area contributed by atoms with Crippen LogP contribution in [0.2, 0.25) is 0 Å². The van der Waals surface area contributed by atoms with Gasteiger partial charge in [0.25, 0.3) is 0 Å². The molecular weight excluding hydrogens is 334 g/mol. The Labute approximate surface area is 150 Å². The maximum absolute atomic E-state index is 13.2. The number of aromatic nitrogens is 1. The fraction of sp³-hybridized carbons (Fsp3) is 0.143. The standard InChI is InChI=1S/C21H18F2N2O/c22-18-5-1-15(2-6-18)13-20(17-3-7-19(23)8-4-17)21(26)25-14-16-9-11-24-12-10-16/h1-12,20H,13-14H2,(H,25,26). The molecule has 0 fully saturated rings. The van der Waals surface area contributed by atoms with Gasteiger partial charge in [0.05, 0.1) is 5.92 Å². The van der Waals surface area contributed by atoms with Crippen LogP contribution in [0.5, 0.6) is 0 Å². The Morgan fingerprint density at radius 3 is 2.04 bits per heavy atom. The predicted octanol–water partition coefficient (Wildman–Crippen LogP) is 4.00. The number of rotatable bonds is 6. The van der Waals surface area contributed by atoms with Crippen molar-refractivity contribution >= 4 is 5.91 Å². The number of amides is 1. The number of nitrogens with one attached hydrogen (secondary N) is 1. The average molecular weight is 352 g/mol. The fourth-order valence-corrected chi connectivity index (χ4v) is 2.73. The summed E-state index contributed by atoms with van der Waals surface area (Å²) in [6, 6.07) is 15.6. The highest BCUT2D eigenvalue weighted by Crippen LogP contribution is 2.22. The van der Waals surface area contributed by atoms with Crippen molar-refractivity contribution in [1.29, 1.82) is 0 Å². The summed E-state index contributed by atoms with van der Waals surface area (Å²) in [5.74, 6) is -1.35. The summed E-state index contributed by atoms with van der Waals surface area (Å²) in [6.45, 7) is 0.377. The van der Waals surface area contributed by atoms with E-state index in [1.165, 1.54) is 24.3 Å². The van der Waals surface area contributed by atoms with E-state index >= 15 is 0 Å². The molecule has 1 aromatic heterocycles. The number of hydrogen-bond acceptors (Lipinski definition) is 2. The van der Waals surface area contributed by atoms with Crippen LogP contribution in [-0.4, -0.2) is 10.9 Å². The van der Waals surface area contributed by atoms with Gasteiger partial charge in [0.15, 0.2) is 0 Å². The zero-order chi connectivity index (χ0) is 18.4. The molecule has 26 heavy (non-hydrogen) atoms. The van der Waals surface area contributed by atoms with Crippen LogP contribution >= 0.6 is 0 Å². The molecule has 0 bridgehead atoms. The number of carbonyl (C=O) groups excluding carboxylic acids is 1. The lowest BCUT2D eigenvalue weighted by Gasteiger charge is -2.18. The van der Waals surface area contributed by atoms with E-state index in [0.29, 0.717) is 18.5 Å². The Hall–Kier alpha value is -3.08. The first kappa shape index (κ1) is 17.7. The average Bonchev–Trinajstić information content (AvgIpc) is 2.67. The van der Waals surface area contributed by atoms with Gasteiger partial charge in [-0.25, -0.2) is 8.78 Å². The molecule has 3 aromatic rings. The van der Waals surface area contributed by atoms with E-state index in [1.54, 1.807) is 36.7 Å². The van der Waals surface area contributed by atoms with Crippen LogP contribution < -0.4 is 5.32 Å². The Bertz CT molecular complexity index is 849. The van der Waals surface area contributed by atoms with Gasteiger partial charge in [-0.15, -0.1) is 0 Å². The molecule has 1 unspecified atom stereocenters. The van der Waals surface area contributed by atoms with Gasteiger partial charge in [-0.05, 0) is 59.5 Å². The first-order valence-corrected chi connectivity index (χ1v) is 8.28. The summed E-state index contributed by atoms with van der Waals surface area (Å²) in [5, 5.41) is 2.91. The van der Waals surface area contributed by atoms with Crippen LogP contribution in [0, 0.1) is 11.6 Å². The molecule has 0 aliphatic rings. The van der Waals surface area contributed by atoms with Crippen molar-refractivity contribution in [2.45, 2.75) is 18.9 Å². The number of pyridine rings is 1. The van der Waals surface area contributed by atoms with Crippen LogP contribution in [-0.2, 0) is 17.8 Å². The van der Waals surface area contributed by atoms with Crippen molar-refractivity contribution in [3.8, 4) is 0 Å². The molecule has 1 heterocycles. The number of hydrogen-bond donors (Lipinski definition) is 1. The molecule has 1 amide bonds. The van der Waals surface area contributed by atoms with E-state index in [1.807, 2.05) is 12.1 Å². The number of nitrogens with zero attached hydrogens (tertiary/aromatic N) is 1. The smallest absolute Gasteiger partial charge is 0.228 e. The number of halogens is 2. The molecule has 0 radical (unpaired) electrons. The molecular formula is C21H18F2N2O. The summed E-state index contributed by atoms with van der Waals surface area (Å²) < 4.78 is 26.4. The molecule has 0 saturated heterocycles. The van der Waals surface area contributed by atoms with E-state index in [-0.39, 0.29) is 17.5 Å². The van der Waals surface area contributed by atoms with Gasteiger partial charge in [0, 0.05) is 18.9 Å². The normalized spacial score (nSPS) is 11.8. The van der Waals surface area contributed by atoms with E-state index in [4.69, 9.17) is 0 Å². The highest BCUT2D eigenvalue weighted by atomic mass is 19.1. The molecule has 0 aliphatic carbocycles. The largest absolute Gasteiger partial charge is 0.351 e. The Morgan fingerprint density at radius 2 is 1.42 bits per heavy atom. The van der Waals surface area contributed by atoms with Gasteiger partial charge < -0.3 is 5.32 Å². The van der Waals surface area contributed by atoms with E-state index < -0.39 is 5.92 Å². The van der Waals surface area contributed by atoms with Gasteiger partial charge in [-0.3, -0.25) is 9.78 Å². The second-order valence-electron chi connectivity index (χ2n) is 6.01. The Morgan fingerprint density at radius 1 is 0.846 bits per heavy atom. The van der Waals surface area contributed by atoms with Crippen molar-refractivity contribution in [1.82, 2.24) is 10.3 Å². The SMILES string of the molecule is O=C(NCc1ccncc1)C(Cc1ccc(F)cc1)c1ccc(F)cc1. The monoisotopic (exact) mass is 352 g/mol. The molecule has 3 rings (SSSR count). The summed E-state index contributed by atoms with van der Waals surface area (Å²) in [4.78, 5) is 16.7. The summed E-state index contributed by atoms with van der Waals surface area (Å²) in [5.41, 5.74) is 2.48. The molecule has 2 aromatic carbocycles. The summed E-state index contributed by atoms with van der Waals surface area (Å²) in [6.07, 6.45) is 3.73. The van der Waals surface area contributed by atoms with E-state index in [2.05, 4.69) is 10.3 Å². The fourth-order valence-electron chi connectivity index (χ4n) is 2.73. The minimum atomic E-state index is -0.497. The van der Waals surface area contributed by atoms with Gasteiger partial charge in [-0.1, -0.05) is 24.3 Å². The van der Waals surface area contributed by atoms with Crippen LogP contribution in [0.25, 0.3) is 0 Å². The summed E-state index contributed by atoms with van der Waals surface area (Å²) >= 11 is 0. The molecule has 5 heteroatoms. The Balaban J connectivity index is 1.78. The van der Waals surface area contributed by atoms with Crippen LogP contribution in [0.1, 0.15) is 22.6 Å². The first-order valence-electron chi connectivity index (χ1n) is 8.28. The van der Waals surface area contributed by atoms with Gasteiger partial charge >= 0.3 is 0 Å². The highest BCUT2D eigenvalue weighted by Gasteiger charge is 2.21. The molecule has 1 atom stereocenters. The number of benzene rings is 2. The van der Waals surface area contributed by atoms with Gasteiger partial charge in [0.2, 0.25) is 5.91 Å². The van der Waals surface area contributed by atoms with Crippen molar-refractivity contribution in [3.63, 3.8) is 0 Å². The quantitative estimate of drug-likeness (QED) is 0.728. The predicted molar refractivity (Wildman–Crippen MR) is 95.3 cm³/mol. The lowest BCUT2D eigenvalue weighted by Crippen LogP contribution is -2.30. The minimum Gasteiger partial charge on any atom is -0.351 e. The van der Waals surface area contributed by atoms with Gasteiger partial charge in [-0.2, -0.15) is 0 Å². The molecule has 0 spiro atoms. The molecule has 3 nitrogen and oxygen atoms in total. The second-order valence-corrected chi connectivity index (χ2v) is 6.01. The molecule has 1 N–H and O–H groups in total. The zero-order valence-electron chi connectivity index (χ0n) is 14.0. The minimum absolute atomic E-state index is 0.169. The molecule has 0 aliphatic heterocycles. The van der Waals surface area contributed by atoms with Crippen LogP contribution in [0.4, 0.5) is 8.78 Å². The third-order valence-corrected chi connectivity index (χ3v) is 4.16. The summed E-state index contributed by atoms with van der Waals surface area (Å²) in [7, 11) is 0. The van der Waals surface area contributed by atoms with Gasteiger partial charge in [0.1, 0.15) is 11.6 Å². The maximum Gasteiger partial charge on any atom is 0.228 e. The third-order valence-electron chi connectivity index (χ3n) is 4.16. The van der Waals surface area contributed by atoms with Crippen molar-refractivity contribution in [2.75, 3.05) is 0 Å². The lowest BCUT2D eigenvalue weighted by molar-refractivity contribution is -0.122. The van der Waals surface area contributed by atoms with Crippen molar-refractivity contribution < 1.29 is 13.6 Å². The first-order chi connectivity index (χ1) is 12.6. The molecule has 0 saturated carbocycles. The van der Waals surface area contributed by atoms with Crippen LogP contribution in [0.15, 0.2) is 73.1 Å². The highest BCUT2D eigenvalue weighted by molar-refractivity contribution is 5.84. The van der Waals surface area contributed by atoms with Crippen molar-refractivity contribution in [2.24, 2.45) is 0 Å². The van der Waals surface area contributed by atoms with Crippen LogP contribution in [0.3, 0.4) is 0 Å². The topological polar surface area (TPSA) is 42.0 Å². The number of carbonyl (C=O) groups is 1. The third kappa shape index (κ3) is 4.72. The van der Waals surface area contributed by atoms with Crippen molar-refractivity contribution in [3.05, 3.63) is 101 Å². The maximum atomic E-state index is 13.2. The Kier molecular flexibility index (Phi) is 5.69.